The largest absolute Gasteiger partial charge is 0.477 e. The average Bonchev–Trinajstić information content (AvgIpc) is 3.66. The molecule has 0 atom stereocenters. The van der Waals surface area contributed by atoms with Gasteiger partial charge in [-0.05, 0) is 42.4 Å². The summed E-state index contributed by atoms with van der Waals surface area (Å²) < 4.78 is 11.2. The molecule has 8 heteroatoms. The fourth-order valence-electron chi connectivity index (χ4n) is 3.65. The third kappa shape index (κ3) is 8.75. The van der Waals surface area contributed by atoms with Crippen LogP contribution in [0.3, 0.4) is 0 Å². The summed E-state index contributed by atoms with van der Waals surface area (Å²) in [6, 6.07) is 12.6. The van der Waals surface area contributed by atoms with Crippen LogP contribution in [0.15, 0.2) is 47.6 Å². The number of morpholine rings is 1. The Morgan fingerprint density at radius 1 is 1.12 bits per heavy atom. The van der Waals surface area contributed by atoms with Crippen molar-refractivity contribution in [3.63, 3.8) is 0 Å². The SMILES string of the molecule is CCNC(=NCc1ccc(OCC2CC2)nc1)NCc1ccccc1CN1CCOCC1.I. The molecular weight excluding hydrogens is 529 g/mol. The van der Waals surface area contributed by atoms with E-state index in [1.807, 2.05) is 18.3 Å². The standard InChI is InChI=1S/C25H35N5O2.HI/c1-2-26-25(28-16-21-9-10-24(27-15-21)32-19-20-7-8-20)29-17-22-5-3-4-6-23(22)18-30-11-13-31-14-12-30;/h3-6,9-10,15,20H,2,7-8,11-14,16-19H2,1H3,(H2,26,28,29);1H. The molecule has 7 nitrogen and oxygen atoms in total. The summed E-state index contributed by atoms with van der Waals surface area (Å²) in [6.07, 6.45) is 4.42. The fraction of sp³-hybridized carbons (Fsp3) is 0.520. The third-order valence-electron chi connectivity index (χ3n) is 5.79. The van der Waals surface area contributed by atoms with Crippen LogP contribution in [0.25, 0.3) is 0 Å². The molecule has 2 N–H and O–H groups in total. The summed E-state index contributed by atoms with van der Waals surface area (Å²) in [6.45, 7) is 9.56. The van der Waals surface area contributed by atoms with Crippen molar-refractivity contribution in [2.45, 2.75) is 39.4 Å². The zero-order valence-corrected chi connectivity index (χ0v) is 21.8. The van der Waals surface area contributed by atoms with Crippen LogP contribution < -0.4 is 15.4 Å². The number of nitrogens with one attached hydrogen (secondary N) is 2. The lowest BCUT2D eigenvalue weighted by atomic mass is 10.1. The Bertz CT molecular complexity index is 867. The number of nitrogens with zero attached hydrogens (tertiary/aromatic N) is 3. The van der Waals surface area contributed by atoms with Crippen molar-refractivity contribution in [1.82, 2.24) is 20.5 Å². The highest BCUT2D eigenvalue weighted by molar-refractivity contribution is 14.0. The molecule has 1 aromatic heterocycles. The van der Waals surface area contributed by atoms with E-state index in [0.717, 1.165) is 70.0 Å². The Kier molecular flexibility index (Phi) is 10.7. The number of ether oxygens (including phenoxy) is 2. The second-order valence-electron chi connectivity index (χ2n) is 8.47. The first-order valence-electron chi connectivity index (χ1n) is 11.8. The first-order chi connectivity index (χ1) is 15.8. The molecule has 33 heavy (non-hydrogen) atoms. The molecule has 180 valence electrons. The fourth-order valence-corrected chi connectivity index (χ4v) is 3.65. The highest BCUT2D eigenvalue weighted by Crippen LogP contribution is 2.29. The minimum absolute atomic E-state index is 0. The number of aliphatic imine (C=N–C) groups is 1. The van der Waals surface area contributed by atoms with Crippen LogP contribution in [0.1, 0.15) is 36.5 Å². The van der Waals surface area contributed by atoms with E-state index in [9.17, 15) is 0 Å². The number of halogens is 1. The number of pyridine rings is 1. The normalized spacial score (nSPS) is 16.7. The number of rotatable bonds is 10. The number of hydrogen-bond donors (Lipinski definition) is 2. The Hall–Kier alpha value is -1.91. The molecule has 2 heterocycles. The van der Waals surface area contributed by atoms with Gasteiger partial charge in [0.1, 0.15) is 0 Å². The lowest BCUT2D eigenvalue weighted by molar-refractivity contribution is 0.0341. The highest BCUT2D eigenvalue weighted by atomic mass is 127. The molecule has 1 aliphatic heterocycles. The molecule has 2 aromatic rings. The summed E-state index contributed by atoms with van der Waals surface area (Å²) in [7, 11) is 0. The number of guanidine groups is 1. The van der Waals surface area contributed by atoms with Crippen LogP contribution in [0.5, 0.6) is 5.88 Å². The molecule has 1 saturated heterocycles. The van der Waals surface area contributed by atoms with Gasteiger partial charge in [0.05, 0.1) is 26.4 Å². The van der Waals surface area contributed by atoms with Crippen LogP contribution >= 0.6 is 24.0 Å². The van der Waals surface area contributed by atoms with Crippen LogP contribution in [-0.2, 0) is 24.4 Å². The van der Waals surface area contributed by atoms with Gasteiger partial charge in [-0.15, -0.1) is 24.0 Å². The maximum absolute atomic E-state index is 5.72. The molecule has 0 bridgehead atoms. The Labute approximate surface area is 214 Å². The topological polar surface area (TPSA) is 71.0 Å². The lowest BCUT2D eigenvalue weighted by Crippen LogP contribution is -2.38. The second kappa shape index (κ2) is 13.7. The summed E-state index contributed by atoms with van der Waals surface area (Å²) in [5.74, 6) is 2.24. The molecule has 1 aliphatic carbocycles. The van der Waals surface area contributed by atoms with Gasteiger partial charge in [-0.1, -0.05) is 30.3 Å². The lowest BCUT2D eigenvalue weighted by Gasteiger charge is -2.27. The molecule has 2 fully saturated rings. The number of benzene rings is 1. The average molecular weight is 566 g/mol. The quantitative estimate of drug-likeness (QED) is 0.261. The molecule has 1 saturated carbocycles. The monoisotopic (exact) mass is 565 g/mol. The molecule has 0 amide bonds. The van der Waals surface area contributed by atoms with Gasteiger partial charge in [0.15, 0.2) is 5.96 Å². The van der Waals surface area contributed by atoms with Gasteiger partial charge < -0.3 is 20.1 Å². The summed E-state index contributed by atoms with van der Waals surface area (Å²) in [5, 5.41) is 6.83. The molecule has 0 unspecified atom stereocenters. The summed E-state index contributed by atoms with van der Waals surface area (Å²) >= 11 is 0. The van der Waals surface area contributed by atoms with E-state index in [4.69, 9.17) is 14.5 Å². The Balaban J connectivity index is 0.00000306. The van der Waals surface area contributed by atoms with Gasteiger partial charge in [-0.25, -0.2) is 9.98 Å². The molecule has 2 aliphatic rings. The van der Waals surface area contributed by atoms with Gasteiger partial charge >= 0.3 is 0 Å². The van der Waals surface area contributed by atoms with Crippen molar-refractivity contribution in [2.24, 2.45) is 10.9 Å². The maximum Gasteiger partial charge on any atom is 0.213 e. The van der Waals surface area contributed by atoms with E-state index < -0.39 is 0 Å². The molecule has 0 radical (unpaired) electrons. The van der Waals surface area contributed by atoms with E-state index in [2.05, 4.69) is 51.7 Å². The van der Waals surface area contributed by atoms with Gasteiger partial charge in [-0.3, -0.25) is 4.90 Å². The summed E-state index contributed by atoms with van der Waals surface area (Å²) in [5.41, 5.74) is 3.71. The third-order valence-corrected chi connectivity index (χ3v) is 5.79. The van der Waals surface area contributed by atoms with Crippen molar-refractivity contribution in [3.8, 4) is 5.88 Å². The van der Waals surface area contributed by atoms with Crippen molar-refractivity contribution >= 4 is 29.9 Å². The van der Waals surface area contributed by atoms with Crippen molar-refractivity contribution in [2.75, 3.05) is 39.5 Å². The maximum atomic E-state index is 5.72. The minimum Gasteiger partial charge on any atom is -0.477 e. The zero-order chi connectivity index (χ0) is 22.0. The Morgan fingerprint density at radius 2 is 1.91 bits per heavy atom. The van der Waals surface area contributed by atoms with Crippen LogP contribution in [0, 0.1) is 5.92 Å². The Morgan fingerprint density at radius 3 is 2.61 bits per heavy atom. The molecule has 0 spiro atoms. The molecule has 4 rings (SSSR count). The smallest absolute Gasteiger partial charge is 0.213 e. The van der Waals surface area contributed by atoms with Crippen LogP contribution in [-0.4, -0.2) is 55.3 Å². The van der Waals surface area contributed by atoms with Gasteiger partial charge in [0, 0.05) is 45.0 Å². The van der Waals surface area contributed by atoms with Crippen molar-refractivity contribution < 1.29 is 9.47 Å². The van der Waals surface area contributed by atoms with Crippen molar-refractivity contribution in [3.05, 3.63) is 59.3 Å². The van der Waals surface area contributed by atoms with Gasteiger partial charge in [0.2, 0.25) is 5.88 Å². The zero-order valence-electron chi connectivity index (χ0n) is 19.5. The van der Waals surface area contributed by atoms with E-state index >= 15 is 0 Å². The van der Waals surface area contributed by atoms with Crippen molar-refractivity contribution in [1.29, 1.82) is 0 Å². The van der Waals surface area contributed by atoms with E-state index in [-0.39, 0.29) is 24.0 Å². The first-order valence-corrected chi connectivity index (χ1v) is 11.8. The predicted octanol–water partition coefficient (Wildman–Crippen LogP) is 3.58. The van der Waals surface area contributed by atoms with Gasteiger partial charge in [-0.2, -0.15) is 0 Å². The number of hydrogen-bond acceptors (Lipinski definition) is 5. The summed E-state index contributed by atoms with van der Waals surface area (Å²) in [4.78, 5) is 11.6. The molecule has 1 aromatic carbocycles. The highest BCUT2D eigenvalue weighted by Gasteiger charge is 2.22. The van der Waals surface area contributed by atoms with E-state index in [1.165, 1.54) is 24.0 Å². The predicted molar refractivity (Wildman–Crippen MR) is 142 cm³/mol. The van der Waals surface area contributed by atoms with E-state index in [0.29, 0.717) is 12.4 Å². The molecular formula is C25H36IN5O2. The van der Waals surface area contributed by atoms with Crippen LogP contribution in [0.2, 0.25) is 0 Å². The second-order valence-corrected chi connectivity index (χ2v) is 8.47. The van der Waals surface area contributed by atoms with E-state index in [1.54, 1.807) is 0 Å². The minimum atomic E-state index is 0. The number of aromatic nitrogens is 1. The first kappa shape index (κ1) is 25.7. The van der Waals surface area contributed by atoms with Gasteiger partial charge in [0.25, 0.3) is 0 Å². The van der Waals surface area contributed by atoms with Crippen LogP contribution in [0.4, 0.5) is 0 Å².